The molecular weight excluding hydrogens is 286 g/mol. The van der Waals surface area contributed by atoms with E-state index in [0.29, 0.717) is 6.61 Å². The molecule has 23 heavy (non-hydrogen) atoms. The van der Waals surface area contributed by atoms with E-state index in [1.54, 1.807) is 0 Å². The highest BCUT2D eigenvalue weighted by Crippen LogP contribution is 2.22. The van der Waals surface area contributed by atoms with E-state index in [1.165, 1.54) is 0 Å². The normalized spacial score (nSPS) is 11.2. The first-order valence-electron chi connectivity index (χ1n) is 7.60. The second kappa shape index (κ2) is 5.39. The number of rotatable bonds is 3. The molecule has 2 aromatic carbocycles. The van der Waals surface area contributed by atoms with Crippen molar-refractivity contribution in [3.8, 4) is 5.75 Å². The first kappa shape index (κ1) is 13.8. The van der Waals surface area contributed by atoms with Crippen LogP contribution in [0.5, 0.6) is 5.75 Å². The maximum Gasteiger partial charge on any atom is 0.122 e. The number of aromatic nitrogens is 3. The van der Waals surface area contributed by atoms with Gasteiger partial charge in [-0.25, -0.2) is 4.98 Å². The molecule has 0 radical (unpaired) electrons. The third-order valence-corrected chi connectivity index (χ3v) is 4.15. The van der Waals surface area contributed by atoms with E-state index in [0.717, 1.165) is 39.1 Å². The SMILES string of the molecule is Cc1nc2cc(OCc3ccc4ncccc4c3)ccc2n1C. The van der Waals surface area contributed by atoms with Gasteiger partial charge in [-0.15, -0.1) is 0 Å². The van der Waals surface area contributed by atoms with Crippen LogP contribution in [-0.2, 0) is 13.7 Å². The molecule has 0 unspecified atom stereocenters. The van der Waals surface area contributed by atoms with Gasteiger partial charge >= 0.3 is 0 Å². The van der Waals surface area contributed by atoms with Crippen molar-refractivity contribution >= 4 is 21.9 Å². The molecule has 0 saturated carbocycles. The van der Waals surface area contributed by atoms with Gasteiger partial charge in [-0.1, -0.05) is 12.1 Å². The molecule has 0 atom stereocenters. The van der Waals surface area contributed by atoms with Crippen LogP contribution in [0.15, 0.2) is 54.7 Å². The van der Waals surface area contributed by atoms with Gasteiger partial charge in [0.25, 0.3) is 0 Å². The predicted octanol–water partition coefficient (Wildman–Crippen LogP) is 4.01. The monoisotopic (exact) mass is 303 g/mol. The maximum atomic E-state index is 5.93. The third-order valence-electron chi connectivity index (χ3n) is 4.15. The molecule has 2 aromatic heterocycles. The van der Waals surface area contributed by atoms with E-state index in [4.69, 9.17) is 4.74 Å². The summed E-state index contributed by atoms with van der Waals surface area (Å²) in [5.41, 5.74) is 4.21. The molecule has 0 spiro atoms. The first-order valence-corrected chi connectivity index (χ1v) is 7.60. The zero-order valence-corrected chi connectivity index (χ0v) is 13.2. The number of pyridine rings is 1. The molecule has 4 aromatic rings. The van der Waals surface area contributed by atoms with Crippen molar-refractivity contribution in [2.75, 3.05) is 0 Å². The summed E-state index contributed by atoms with van der Waals surface area (Å²) in [6.07, 6.45) is 1.81. The Balaban J connectivity index is 1.57. The molecular formula is C19H17N3O. The van der Waals surface area contributed by atoms with E-state index >= 15 is 0 Å². The average molecular weight is 303 g/mol. The standard InChI is InChI=1S/C19H17N3O/c1-13-21-18-11-16(6-8-19(18)22(13)2)23-12-14-5-7-17-15(10-14)4-3-9-20-17/h3-11H,12H2,1-2H3. The van der Waals surface area contributed by atoms with Crippen LogP contribution in [0, 0.1) is 6.92 Å². The second-order valence-corrected chi connectivity index (χ2v) is 5.69. The van der Waals surface area contributed by atoms with Crippen LogP contribution >= 0.6 is 0 Å². The van der Waals surface area contributed by atoms with Crippen molar-refractivity contribution in [3.63, 3.8) is 0 Å². The van der Waals surface area contributed by atoms with Crippen LogP contribution in [0.25, 0.3) is 21.9 Å². The van der Waals surface area contributed by atoms with Gasteiger partial charge in [0.1, 0.15) is 18.2 Å². The van der Waals surface area contributed by atoms with Crippen LogP contribution in [0.3, 0.4) is 0 Å². The fraction of sp³-hybridized carbons (Fsp3) is 0.158. The largest absolute Gasteiger partial charge is 0.489 e. The lowest BCUT2D eigenvalue weighted by Gasteiger charge is -2.07. The molecule has 0 fully saturated rings. The summed E-state index contributed by atoms with van der Waals surface area (Å²) in [6, 6.07) is 16.2. The summed E-state index contributed by atoms with van der Waals surface area (Å²) in [6.45, 7) is 2.53. The Morgan fingerprint density at radius 3 is 2.87 bits per heavy atom. The van der Waals surface area contributed by atoms with Crippen molar-refractivity contribution in [3.05, 3.63) is 66.1 Å². The molecule has 0 N–H and O–H groups in total. The van der Waals surface area contributed by atoms with Crippen LogP contribution in [0.4, 0.5) is 0 Å². The van der Waals surface area contributed by atoms with Crippen LogP contribution in [0.2, 0.25) is 0 Å². The summed E-state index contributed by atoms with van der Waals surface area (Å²) in [5.74, 6) is 1.83. The lowest BCUT2D eigenvalue weighted by Crippen LogP contribution is -1.96. The Morgan fingerprint density at radius 1 is 1.04 bits per heavy atom. The Bertz CT molecular complexity index is 1000. The van der Waals surface area contributed by atoms with Crippen molar-refractivity contribution in [2.45, 2.75) is 13.5 Å². The highest BCUT2D eigenvalue weighted by atomic mass is 16.5. The Hall–Kier alpha value is -2.88. The van der Waals surface area contributed by atoms with Crippen molar-refractivity contribution < 1.29 is 4.74 Å². The van der Waals surface area contributed by atoms with Gasteiger partial charge in [0, 0.05) is 24.7 Å². The third kappa shape index (κ3) is 2.52. The molecule has 0 bridgehead atoms. The lowest BCUT2D eigenvalue weighted by atomic mass is 10.1. The number of aryl methyl sites for hydroxylation is 2. The van der Waals surface area contributed by atoms with Crippen LogP contribution < -0.4 is 4.74 Å². The Kier molecular flexibility index (Phi) is 3.23. The van der Waals surface area contributed by atoms with Gasteiger partial charge in [-0.05, 0) is 42.8 Å². The minimum Gasteiger partial charge on any atom is -0.489 e. The van der Waals surface area contributed by atoms with Gasteiger partial charge in [-0.3, -0.25) is 4.98 Å². The number of benzene rings is 2. The van der Waals surface area contributed by atoms with Crippen molar-refractivity contribution in [2.24, 2.45) is 7.05 Å². The lowest BCUT2D eigenvalue weighted by molar-refractivity contribution is 0.307. The van der Waals surface area contributed by atoms with Crippen LogP contribution in [0.1, 0.15) is 11.4 Å². The molecule has 114 valence electrons. The number of imidazole rings is 1. The smallest absolute Gasteiger partial charge is 0.122 e. The fourth-order valence-corrected chi connectivity index (χ4v) is 2.77. The number of hydrogen-bond acceptors (Lipinski definition) is 3. The molecule has 0 amide bonds. The molecule has 0 aliphatic heterocycles. The van der Waals surface area contributed by atoms with E-state index in [-0.39, 0.29) is 0 Å². The summed E-state index contributed by atoms with van der Waals surface area (Å²) in [5, 5.41) is 1.13. The Morgan fingerprint density at radius 2 is 1.96 bits per heavy atom. The van der Waals surface area contributed by atoms with Gasteiger partial charge in [0.05, 0.1) is 16.6 Å². The molecule has 0 aliphatic carbocycles. The number of ether oxygens (including phenoxy) is 1. The quantitative estimate of drug-likeness (QED) is 0.574. The van der Waals surface area contributed by atoms with Gasteiger partial charge in [0.15, 0.2) is 0 Å². The summed E-state index contributed by atoms with van der Waals surface area (Å²) in [7, 11) is 2.02. The fourth-order valence-electron chi connectivity index (χ4n) is 2.77. The summed E-state index contributed by atoms with van der Waals surface area (Å²) in [4.78, 5) is 8.88. The molecule has 0 saturated heterocycles. The topological polar surface area (TPSA) is 39.9 Å². The van der Waals surface area contributed by atoms with Gasteiger partial charge in [0.2, 0.25) is 0 Å². The molecule has 2 heterocycles. The predicted molar refractivity (Wildman–Crippen MR) is 91.5 cm³/mol. The maximum absolute atomic E-state index is 5.93. The van der Waals surface area contributed by atoms with Gasteiger partial charge in [-0.2, -0.15) is 0 Å². The van der Waals surface area contributed by atoms with E-state index < -0.39 is 0 Å². The minimum absolute atomic E-state index is 0.530. The molecule has 4 nitrogen and oxygen atoms in total. The Labute approximate surface area is 134 Å². The van der Waals surface area contributed by atoms with Gasteiger partial charge < -0.3 is 9.30 Å². The zero-order valence-electron chi connectivity index (χ0n) is 13.2. The number of fused-ring (bicyclic) bond motifs is 2. The molecule has 0 aliphatic rings. The minimum atomic E-state index is 0.530. The van der Waals surface area contributed by atoms with E-state index in [2.05, 4.69) is 38.8 Å². The number of nitrogens with zero attached hydrogens (tertiary/aromatic N) is 3. The second-order valence-electron chi connectivity index (χ2n) is 5.69. The van der Waals surface area contributed by atoms with Crippen molar-refractivity contribution in [1.82, 2.24) is 14.5 Å². The first-order chi connectivity index (χ1) is 11.2. The summed E-state index contributed by atoms with van der Waals surface area (Å²) >= 11 is 0. The van der Waals surface area contributed by atoms with E-state index in [9.17, 15) is 0 Å². The van der Waals surface area contributed by atoms with E-state index in [1.807, 2.05) is 44.4 Å². The highest BCUT2D eigenvalue weighted by molar-refractivity contribution is 5.79. The zero-order chi connectivity index (χ0) is 15.8. The van der Waals surface area contributed by atoms with Crippen LogP contribution in [-0.4, -0.2) is 14.5 Å². The average Bonchev–Trinajstić information content (AvgIpc) is 2.87. The number of hydrogen-bond donors (Lipinski definition) is 0. The summed E-state index contributed by atoms with van der Waals surface area (Å²) < 4.78 is 8.01. The highest BCUT2D eigenvalue weighted by Gasteiger charge is 2.06. The van der Waals surface area contributed by atoms with Crippen molar-refractivity contribution in [1.29, 1.82) is 0 Å². The molecule has 4 heteroatoms. The molecule has 4 rings (SSSR count).